The van der Waals surface area contributed by atoms with Crippen LogP contribution in [0.2, 0.25) is 0 Å². The highest BCUT2D eigenvalue weighted by molar-refractivity contribution is 9.10. The molecule has 1 heterocycles. The molecule has 0 saturated carbocycles. The van der Waals surface area contributed by atoms with Gasteiger partial charge in [-0.3, -0.25) is 0 Å². The molecule has 5 rings (SSSR count). The van der Waals surface area contributed by atoms with E-state index >= 15 is 4.39 Å². The number of hydrogen-bond donors (Lipinski definition) is 2. The predicted molar refractivity (Wildman–Crippen MR) is 138 cm³/mol. The van der Waals surface area contributed by atoms with Crippen LogP contribution in [-0.4, -0.2) is 13.5 Å². The monoisotopic (exact) mass is 570 g/mol. The van der Waals surface area contributed by atoms with Crippen molar-refractivity contribution in [1.29, 1.82) is 0 Å². The van der Waals surface area contributed by atoms with Crippen LogP contribution in [0, 0.1) is 5.82 Å². The summed E-state index contributed by atoms with van der Waals surface area (Å²) in [6, 6.07) is 23.5. The average Bonchev–Trinajstić information content (AvgIpc) is 3.14. The van der Waals surface area contributed by atoms with Gasteiger partial charge in [0, 0.05) is 5.39 Å². The summed E-state index contributed by atoms with van der Waals surface area (Å²) in [7, 11) is -4.26. The van der Waals surface area contributed by atoms with Gasteiger partial charge >= 0.3 is 10.2 Å². The van der Waals surface area contributed by atoms with Gasteiger partial charge in [-0.25, -0.2) is 13.4 Å². The number of benzene rings is 4. The van der Waals surface area contributed by atoms with Crippen molar-refractivity contribution in [3.8, 4) is 11.5 Å². The molecule has 0 fully saturated rings. The van der Waals surface area contributed by atoms with E-state index in [9.17, 15) is 13.5 Å². The van der Waals surface area contributed by atoms with Crippen LogP contribution in [0.3, 0.4) is 0 Å². The van der Waals surface area contributed by atoms with Crippen LogP contribution >= 0.6 is 15.9 Å². The number of halogens is 2. The number of aliphatic hydroxyl groups is 1. The fourth-order valence-electron chi connectivity index (χ4n) is 3.79. The third-order valence-corrected chi connectivity index (χ3v) is 7.39. The Morgan fingerprint density at radius 3 is 2.00 bits per heavy atom. The fraction of sp³-hybridized carbons (Fsp3) is 0.0769. The first-order chi connectivity index (χ1) is 17.3. The third kappa shape index (κ3) is 4.82. The van der Waals surface area contributed by atoms with Crippen LogP contribution in [0.25, 0.3) is 10.8 Å². The Morgan fingerprint density at radius 1 is 0.889 bits per heavy atom. The molecule has 2 N–H and O–H groups in total. The summed E-state index contributed by atoms with van der Waals surface area (Å²) in [6.45, 7) is 0.383. The molecule has 0 radical (unpaired) electrons. The standard InChI is InChI=1S/C26H20BrFN2O5S/c27-21-13-20-19(11-22(21)34-15-17-7-3-1-4-8-17)12-23(35-16-18-9-5-2-6-10-18)26(25(20)28)30-14-24(31)29-36(30,32)33/h1-14,29,31H,15-16H2. The number of anilines is 1. The molecule has 0 atom stereocenters. The second-order valence-corrected chi connectivity index (χ2v) is 10.4. The Bertz CT molecular complexity index is 1560. The Morgan fingerprint density at radius 2 is 1.44 bits per heavy atom. The third-order valence-electron chi connectivity index (χ3n) is 5.50. The van der Waals surface area contributed by atoms with Crippen molar-refractivity contribution in [3.05, 3.63) is 112 Å². The minimum absolute atomic E-state index is 0.0171. The molecule has 0 unspecified atom stereocenters. The van der Waals surface area contributed by atoms with E-state index < -0.39 is 21.9 Å². The highest BCUT2D eigenvalue weighted by atomic mass is 79.9. The van der Waals surface area contributed by atoms with E-state index in [0.717, 1.165) is 17.3 Å². The highest BCUT2D eigenvalue weighted by Crippen LogP contribution is 2.42. The topological polar surface area (TPSA) is 88.1 Å². The van der Waals surface area contributed by atoms with Gasteiger partial charge in [0.2, 0.25) is 5.88 Å². The van der Waals surface area contributed by atoms with E-state index in [1.165, 1.54) is 6.07 Å². The van der Waals surface area contributed by atoms with E-state index in [4.69, 9.17) is 9.47 Å². The van der Waals surface area contributed by atoms with Gasteiger partial charge in [-0.1, -0.05) is 60.7 Å². The summed E-state index contributed by atoms with van der Waals surface area (Å²) in [5.74, 6) is -0.992. The Labute approximate surface area is 215 Å². The van der Waals surface area contributed by atoms with E-state index in [0.29, 0.717) is 26.5 Å². The minimum atomic E-state index is -4.26. The molecule has 0 bridgehead atoms. The normalized spacial score (nSPS) is 14.4. The summed E-state index contributed by atoms with van der Waals surface area (Å²) in [4.78, 5) is 0. The summed E-state index contributed by atoms with van der Waals surface area (Å²) in [5, 5.41) is 10.4. The van der Waals surface area contributed by atoms with Crippen molar-refractivity contribution in [2.45, 2.75) is 13.2 Å². The van der Waals surface area contributed by atoms with Crippen molar-refractivity contribution in [2.24, 2.45) is 0 Å². The molecule has 0 spiro atoms. The summed E-state index contributed by atoms with van der Waals surface area (Å²) in [6.07, 6.45) is 0.890. The first kappa shape index (κ1) is 24.0. The molecule has 1 aliphatic rings. The van der Waals surface area contributed by atoms with Crippen LogP contribution in [0.15, 0.2) is 95.4 Å². The van der Waals surface area contributed by atoms with Crippen molar-refractivity contribution in [1.82, 2.24) is 4.72 Å². The SMILES string of the molecule is O=S1(=O)NC(O)=CN1c1c(OCc2ccccc2)cc2cc(OCc3ccccc3)c(Br)cc2c1F. The minimum Gasteiger partial charge on any atom is -0.493 e. The number of rotatable bonds is 7. The zero-order chi connectivity index (χ0) is 25.3. The number of aliphatic hydroxyl groups excluding tert-OH is 1. The number of fused-ring (bicyclic) bond motifs is 1. The number of hydrogen-bond acceptors (Lipinski definition) is 5. The molecular weight excluding hydrogens is 551 g/mol. The molecule has 0 aliphatic carbocycles. The maximum absolute atomic E-state index is 16.0. The maximum Gasteiger partial charge on any atom is 0.330 e. The maximum atomic E-state index is 16.0. The quantitative estimate of drug-likeness (QED) is 0.288. The lowest BCUT2D eigenvalue weighted by molar-refractivity contribution is 0.304. The van der Waals surface area contributed by atoms with Crippen LogP contribution in [0.4, 0.5) is 10.1 Å². The van der Waals surface area contributed by atoms with Gasteiger partial charge in [0.1, 0.15) is 30.4 Å². The van der Waals surface area contributed by atoms with Crippen LogP contribution < -0.4 is 18.5 Å². The van der Waals surface area contributed by atoms with Gasteiger partial charge in [0.05, 0.1) is 10.7 Å². The highest BCUT2D eigenvalue weighted by Gasteiger charge is 2.34. The van der Waals surface area contributed by atoms with Crippen molar-refractivity contribution in [3.63, 3.8) is 0 Å². The van der Waals surface area contributed by atoms with Gasteiger partial charge < -0.3 is 14.6 Å². The van der Waals surface area contributed by atoms with Gasteiger partial charge in [0.15, 0.2) is 5.82 Å². The van der Waals surface area contributed by atoms with E-state index in [-0.39, 0.29) is 23.4 Å². The van der Waals surface area contributed by atoms with Gasteiger partial charge in [-0.05, 0) is 50.6 Å². The van der Waals surface area contributed by atoms with E-state index in [2.05, 4.69) is 15.9 Å². The summed E-state index contributed by atoms with van der Waals surface area (Å²) in [5.41, 5.74) is 1.43. The Kier molecular flexibility index (Phi) is 6.46. The van der Waals surface area contributed by atoms with E-state index in [1.807, 2.05) is 65.4 Å². The van der Waals surface area contributed by atoms with Crippen molar-refractivity contribution < 1.29 is 27.4 Å². The molecule has 10 heteroatoms. The van der Waals surface area contributed by atoms with E-state index in [1.54, 1.807) is 12.1 Å². The number of ether oxygens (including phenoxy) is 2. The average molecular weight is 571 g/mol. The Hall–Kier alpha value is -3.76. The smallest absolute Gasteiger partial charge is 0.330 e. The zero-order valence-corrected chi connectivity index (χ0v) is 21.1. The van der Waals surface area contributed by atoms with Gasteiger partial charge in [0.25, 0.3) is 0 Å². The van der Waals surface area contributed by atoms with Crippen molar-refractivity contribution >= 4 is 42.6 Å². The second-order valence-electron chi connectivity index (χ2n) is 8.01. The molecule has 0 saturated heterocycles. The lowest BCUT2D eigenvalue weighted by atomic mass is 10.1. The lowest BCUT2D eigenvalue weighted by Crippen LogP contribution is -2.30. The molecule has 0 amide bonds. The Balaban J connectivity index is 1.59. The molecule has 4 aromatic carbocycles. The predicted octanol–water partition coefficient (Wildman–Crippen LogP) is 5.91. The number of nitrogens with one attached hydrogen (secondary N) is 1. The zero-order valence-electron chi connectivity index (χ0n) is 18.7. The molecule has 36 heavy (non-hydrogen) atoms. The van der Waals surface area contributed by atoms with Crippen molar-refractivity contribution in [2.75, 3.05) is 4.31 Å². The molecular formula is C26H20BrFN2O5S. The summed E-state index contributed by atoms with van der Waals surface area (Å²) >= 11 is 3.43. The van der Waals surface area contributed by atoms with Gasteiger partial charge in [-0.2, -0.15) is 8.42 Å². The van der Waals surface area contributed by atoms with Crippen LogP contribution in [0.5, 0.6) is 11.5 Å². The number of nitrogens with zero attached hydrogens (tertiary/aromatic N) is 1. The molecule has 1 aliphatic heterocycles. The largest absolute Gasteiger partial charge is 0.493 e. The molecule has 0 aromatic heterocycles. The van der Waals surface area contributed by atoms with Gasteiger partial charge in [-0.15, -0.1) is 0 Å². The molecule has 7 nitrogen and oxygen atoms in total. The second kappa shape index (κ2) is 9.71. The first-order valence-electron chi connectivity index (χ1n) is 10.8. The summed E-state index contributed by atoms with van der Waals surface area (Å²) < 4.78 is 56.0. The fourth-order valence-corrected chi connectivity index (χ4v) is 5.32. The molecule has 4 aromatic rings. The van der Waals surface area contributed by atoms with Crippen LogP contribution in [0.1, 0.15) is 11.1 Å². The van der Waals surface area contributed by atoms with Crippen LogP contribution in [-0.2, 0) is 23.4 Å². The lowest BCUT2D eigenvalue weighted by Gasteiger charge is -2.21. The first-order valence-corrected chi connectivity index (χ1v) is 13.1. The molecule has 184 valence electrons.